The second-order valence-corrected chi connectivity index (χ2v) is 19.0. The number of thiophene rings is 1. The molecule has 0 bridgehead atoms. The number of para-hydroxylation sites is 2. The van der Waals surface area contributed by atoms with Crippen molar-refractivity contribution in [2.75, 3.05) is 4.90 Å². The summed E-state index contributed by atoms with van der Waals surface area (Å²) in [4.78, 5) is 2.45. The van der Waals surface area contributed by atoms with Crippen molar-refractivity contribution < 1.29 is 0 Å². The molecule has 0 aliphatic heterocycles. The van der Waals surface area contributed by atoms with E-state index in [1.807, 2.05) is 11.3 Å². The van der Waals surface area contributed by atoms with Crippen molar-refractivity contribution in [1.82, 2.24) is 4.57 Å². The van der Waals surface area contributed by atoms with Gasteiger partial charge in [-0.2, -0.15) is 0 Å². The molecule has 0 N–H and O–H groups in total. The molecule has 0 atom stereocenters. The Balaban J connectivity index is 1.12. The Morgan fingerprint density at radius 3 is 1.41 bits per heavy atom. The highest BCUT2D eigenvalue weighted by Gasteiger charge is 2.20. The SMILES string of the molecule is c1ccc(-c2ccc(N(c3ccc4c(c3)c3ccccc3c3ccccc3c3ccccc3c3c4ccc4sc5ccccc5c43)c3ccc4c(c3)c3ccccc3n4-c3ccccc3)cc2)cc1. The molecule has 0 aliphatic rings. The molecule has 0 fully saturated rings. The van der Waals surface area contributed by atoms with Crippen LogP contribution in [0.25, 0.3) is 113 Å². The number of benzene rings is 11. The molecule has 3 heteroatoms. The predicted molar refractivity (Wildman–Crippen MR) is 299 cm³/mol. The quantitative estimate of drug-likeness (QED) is 0.167. The summed E-state index contributed by atoms with van der Waals surface area (Å²) in [5, 5.41) is 17.3. The maximum Gasteiger partial charge on any atom is 0.0542 e. The van der Waals surface area contributed by atoms with Crippen molar-refractivity contribution >= 4 is 124 Å². The minimum atomic E-state index is 1.08. The molecule has 0 radical (unpaired) electrons. The highest BCUT2D eigenvalue weighted by molar-refractivity contribution is 7.26. The molecule has 2 heterocycles. The molecule has 69 heavy (non-hydrogen) atoms. The number of hydrogen-bond donors (Lipinski definition) is 0. The Hall–Kier alpha value is -8.76. The van der Waals surface area contributed by atoms with Gasteiger partial charge in [0.25, 0.3) is 0 Å². The molecular formula is C66H42N2S. The third-order valence-electron chi connectivity index (χ3n) is 14.2. The van der Waals surface area contributed by atoms with Gasteiger partial charge in [0.1, 0.15) is 0 Å². The summed E-state index contributed by atoms with van der Waals surface area (Å²) in [7, 11) is 0. The van der Waals surface area contributed by atoms with Crippen LogP contribution in [0.4, 0.5) is 17.1 Å². The van der Waals surface area contributed by atoms with Gasteiger partial charge in [-0.25, -0.2) is 0 Å². The van der Waals surface area contributed by atoms with Crippen LogP contribution in [-0.2, 0) is 0 Å². The van der Waals surface area contributed by atoms with Crippen LogP contribution in [-0.4, -0.2) is 4.57 Å². The molecule has 0 saturated heterocycles. The Morgan fingerprint density at radius 1 is 0.261 bits per heavy atom. The van der Waals surface area contributed by atoms with Crippen molar-refractivity contribution in [3.05, 3.63) is 255 Å². The van der Waals surface area contributed by atoms with Crippen molar-refractivity contribution in [3.8, 4) is 16.8 Å². The minimum absolute atomic E-state index is 1.08. The zero-order valence-corrected chi connectivity index (χ0v) is 38.4. The number of nitrogens with zero attached hydrogens (tertiary/aromatic N) is 2. The molecule has 0 saturated carbocycles. The largest absolute Gasteiger partial charge is 0.310 e. The normalized spacial score (nSPS) is 11.8. The van der Waals surface area contributed by atoms with Crippen LogP contribution in [0.2, 0.25) is 0 Å². The first kappa shape index (κ1) is 39.4. The van der Waals surface area contributed by atoms with Crippen LogP contribution in [0, 0.1) is 0 Å². The van der Waals surface area contributed by atoms with E-state index in [9.17, 15) is 0 Å². The average molecular weight is 895 g/mol. The van der Waals surface area contributed by atoms with Crippen molar-refractivity contribution in [1.29, 1.82) is 0 Å². The van der Waals surface area contributed by atoms with Gasteiger partial charge in [-0.15, -0.1) is 11.3 Å². The summed E-state index contributed by atoms with van der Waals surface area (Å²) < 4.78 is 4.99. The fourth-order valence-electron chi connectivity index (χ4n) is 11.1. The smallest absolute Gasteiger partial charge is 0.0542 e. The lowest BCUT2D eigenvalue weighted by atomic mass is 9.92. The maximum atomic E-state index is 2.45. The highest BCUT2D eigenvalue weighted by atomic mass is 32.1. The summed E-state index contributed by atoms with van der Waals surface area (Å²) in [5.74, 6) is 0. The third kappa shape index (κ3) is 6.32. The van der Waals surface area contributed by atoms with E-state index in [0.29, 0.717) is 0 Å². The first-order valence-corrected chi connectivity index (χ1v) is 24.5. The van der Waals surface area contributed by atoms with Crippen LogP contribution in [0.1, 0.15) is 0 Å². The van der Waals surface area contributed by atoms with Crippen LogP contribution >= 0.6 is 11.3 Å². The molecule has 0 aliphatic carbocycles. The predicted octanol–water partition coefficient (Wildman–Crippen LogP) is 19.2. The number of aromatic nitrogens is 1. The molecule has 2 nitrogen and oxygen atoms in total. The second-order valence-electron chi connectivity index (χ2n) is 18.0. The van der Waals surface area contributed by atoms with Crippen molar-refractivity contribution in [2.24, 2.45) is 0 Å². The summed E-state index contributed by atoms with van der Waals surface area (Å²) in [6.45, 7) is 0. The molecule has 14 aromatic rings. The first-order valence-electron chi connectivity index (χ1n) is 23.7. The molecule has 14 rings (SSSR count). The summed E-state index contributed by atoms with van der Waals surface area (Å²) in [6, 6.07) is 94.1. The number of fused-ring (bicyclic) bond motifs is 17. The monoisotopic (exact) mass is 894 g/mol. The number of anilines is 3. The topological polar surface area (TPSA) is 8.17 Å². The van der Waals surface area contributed by atoms with E-state index in [4.69, 9.17) is 0 Å². The van der Waals surface area contributed by atoms with E-state index in [0.717, 1.165) is 22.7 Å². The van der Waals surface area contributed by atoms with Gasteiger partial charge in [-0.05, 0) is 138 Å². The van der Waals surface area contributed by atoms with Gasteiger partial charge >= 0.3 is 0 Å². The molecule has 12 aromatic carbocycles. The second kappa shape index (κ2) is 16.0. The van der Waals surface area contributed by atoms with Crippen molar-refractivity contribution in [2.45, 2.75) is 0 Å². The lowest BCUT2D eigenvalue weighted by Gasteiger charge is -2.26. The zero-order chi connectivity index (χ0) is 45.4. The van der Waals surface area contributed by atoms with E-state index >= 15 is 0 Å². The first-order chi connectivity index (χ1) is 34.2. The van der Waals surface area contributed by atoms with E-state index < -0.39 is 0 Å². The molecule has 0 spiro atoms. The van der Waals surface area contributed by atoms with Crippen LogP contribution in [0.15, 0.2) is 255 Å². The zero-order valence-electron chi connectivity index (χ0n) is 37.6. The lowest BCUT2D eigenvalue weighted by molar-refractivity contribution is 1.18. The Morgan fingerprint density at radius 2 is 0.710 bits per heavy atom. The van der Waals surface area contributed by atoms with Crippen LogP contribution in [0.5, 0.6) is 0 Å². The summed E-state index contributed by atoms with van der Waals surface area (Å²) in [5.41, 5.74) is 9.14. The van der Waals surface area contributed by atoms with E-state index in [-0.39, 0.29) is 0 Å². The van der Waals surface area contributed by atoms with Gasteiger partial charge < -0.3 is 9.47 Å². The minimum Gasteiger partial charge on any atom is -0.310 e. The number of rotatable bonds is 5. The standard InChI is InChI=1S/C66H42N2S/c1-3-17-43(18-4-1)44-31-33-46(34-32-44)67(48-36-39-62-60(42-48)55-26-13-15-29-61(55)68(62)45-19-5-2-6-20-45)47-35-37-54-57-38-40-64-66(58-28-14-16-30-63(58)69-64)65(57)56-27-12-11-24-52(56)50-22-8-7-21-49(50)51-23-9-10-25-53(51)59(54)41-47/h1-42H. The van der Waals surface area contributed by atoms with Crippen LogP contribution < -0.4 is 4.90 Å². The van der Waals surface area contributed by atoms with Gasteiger partial charge in [0.15, 0.2) is 0 Å². The lowest BCUT2D eigenvalue weighted by Crippen LogP contribution is -2.10. The molecular weight excluding hydrogens is 853 g/mol. The molecule has 0 unspecified atom stereocenters. The van der Waals surface area contributed by atoms with E-state index in [1.54, 1.807) is 0 Å². The molecule has 2 aromatic heterocycles. The summed E-state index contributed by atoms with van der Waals surface area (Å²) in [6.07, 6.45) is 0. The van der Waals surface area contributed by atoms with Gasteiger partial charge in [0.05, 0.1) is 11.0 Å². The molecule has 322 valence electrons. The van der Waals surface area contributed by atoms with Gasteiger partial charge in [0, 0.05) is 53.7 Å². The van der Waals surface area contributed by atoms with Gasteiger partial charge in [-0.1, -0.05) is 182 Å². The Bertz CT molecular complexity index is 4410. The van der Waals surface area contributed by atoms with E-state index in [2.05, 4.69) is 264 Å². The maximum absolute atomic E-state index is 2.45. The number of hydrogen-bond acceptors (Lipinski definition) is 2. The Labute approximate surface area is 403 Å². The van der Waals surface area contributed by atoms with Crippen molar-refractivity contribution in [3.63, 3.8) is 0 Å². The average Bonchev–Trinajstić information content (AvgIpc) is 3.97. The Kier molecular flexibility index (Phi) is 9.11. The fourth-order valence-corrected chi connectivity index (χ4v) is 12.2. The van der Waals surface area contributed by atoms with Gasteiger partial charge in [-0.3, -0.25) is 0 Å². The third-order valence-corrected chi connectivity index (χ3v) is 15.3. The van der Waals surface area contributed by atoms with Gasteiger partial charge in [0.2, 0.25) is 0 Å². The van der Waals surface area contributed by atoms with E-state index in [1.165, 1.54) is 107 Å². The van der Waals surface area contributed by atoms with Crippen LogP contribution in [0.3, 0.4) is 0 Å². The summed E-state index contributed by atoms with van der Waals surface area (Å²) >= 11 is 1.88. The molecule has 0 amide bonds. The fraction of sp³-hybridized carbons (Fsp3) is 0. The highest BCUT2D eigenvalue weighted by Crippen LogP contribution is 2.46.